The second kappa shape index (κ2) is 7.09. The van der Waals surface area contributed by atoms with E-state index in [0.29, 0.717) is 18.4 Å². The molecule has 20 heavy (non-hydrogen) atoms. The Morgan fingerprint density at radius 1 is 1.30 bits per heavy atom. The van der Waals surface area contributed by atoms with E-state index in [4.69, 9.17) is 11.6 Å². The first-order valence-corrected chi connectivity index (χ1v) is 10.2. The van der Waals surface area contributed by atoms with Crippen LogP contribution in [0.25, 0.3) is 0 Å². The number of rotatable bonds is 5. The highest BCUT2D eigenvalue weighted by atomic mass is 79.9. The van der Waals surface area contributed by atoms with E-state index in [9.17, 15) is 8.42 Å². The maximum atomic E-state index is 12.3. The van der Waals surface area contributed by atoms with Gasteiger partial charge in [-0.3, -0.25) is 0 Å². The molecule has 2 atom stereocenters. The van der Waals surface area contributed by atoms with Gasteiger partial charge in [-0.15, -0.1) is 0 Å². The Bertz CT molecular complexity index is 580. The van der Waals surface area contributed by atoms with Crippen molar-refractivity contribution in [2.45, 2.75) is 24.2 Å². The lowest BCUT2D eigenvalue weighted by Gasteiger charge is -2.18. The van der Waals surface area contributed by atoms with E-state index < -0.39 is 10.0 Å². The molecule has 0 aliphatic heterocycles. The molecule has 1 N–H and O–H groups in total. The largest absolute Gasteiger partial charge is 0.242 e. The van der Waals surface area contributed by atoms with Gasteiger partial charge in [0.05, 0.1) is 5.02 Å². The number of halogens is 3. The molecule has 1 fully saturated rings. The van der Waals surface area contributed by atoms with Gasteiger partial charge in [-0.05, 0) is 42.9 Å². The predicted molar refractivity (Wildman–Crippen MR) is 89.0 cm³/mol. The quantitative estimate of drug-likeness (QED) is 0.691. The first kappa shape index (κ1) is 16.7. The highest BCUT2D eigenvalue weighted by Gasteiger charge is 2.28. The number of hydrogen-bond donors (Lipinski definition) is 1. The zero-order valence-corrected chi connectivity index (χ0v) is 15.5. The molecule has 0 saturated heterocycles. The van der Waals surface area contributed by atoms with Crippen LogP contribution in [-0.4, -0.2) is 20.3 Å². The van der Waals surface area contributed by atoms with Crippen LogP contribution in [-0.2, 0) is 10.0 Å². The number of sulfonamides is 1. The van der Waals surface area contributed by atoms with Gasteiger partial charge in [0.1, 0.15) is 4.90 Å². The van der Waals surface area contributed by atoms with Crippen LogP contribution >= 0.6 is 43.5 Å². The lowest BCUT2D eigenvalue weighted by Crippen LogP contribution is -2.31. The maximum Gasteiger partial charge on any atom is 0.242 e. The number of nitrogens with one attached hydrogen (secondary N) is 1. The molecule has 0 heterocycles. The van der Waals surface area contributed by atoms with Crippen molar-refractivity contribution >= 4 is 53.5 Å². The first-order chi connectivity index (χ1) is 9.44. The lowest BCUT2D eigenvalue weighted by atomic mass is 9.99. The van der Waals surface area contributed by atoms with Crippen molar-refractivity contribution in [1.82, 2.24) is 4.72 Å². The third-order valence-corrected chi connectivity index (χ3v) is 6.97. The maximum absolute atomic E-state index is 12.3. The van der Waals surface area contributed by atoms with E-state index in [-0.39, 0.29) is 9.92 Å². The Hall–Kier alpha value is 0.380. The molecule has 1 aliphatic carbocycles. The Morgan fingerprint density at radius 3 is 2.65 bits per heavy atom. The predicted octanol–water partition coefficient (Wildman–Crippen LogP) is 4.19. The van der Waals surface area contributed by atoms with E-state index in [1.807, 2.05) is 0 Å². The molecule has 1 saturated carbocycles. The molecule has 0 spiro atoms. The molecule has 0 radical (unpaired) electrons. The van der Waals surface area contributed by atoms with E-state index in [1.54, 1.807) is 12.1 Å². The van der Waals surface area contributed by atoms with Crippen molar-refractivity contribution in [3.8, 4) is 0 Å². The van der Waals surface area contributed by atoms with Crippen LogP contribution in [0.3, 0.4) is 0 Å². The SMILES string of the molecule is O=S(=O)(NCC1CCCC1CBr)c1ccc(Br)cc1Cl. The van der Waals surface area contributed by atoms with E-state index in [0.717, 1.165) is 22.6 Å². The van der Waals surface area contributed by atoms with Gasteiger partial charge in [0.25, 0.3) is 0 Å². The van der Waals surface area contributed by atoms with Gasteiger partial charge in [0, 0.05) is 16.3 Å². The van der Waals surface area contributed by atoms with Crippen LogP contribution in [0.4, 0.5) is 0 Å². The highest BCUT2D eigenvalue weighted by Crippen LogP contribution is 2.33. The number of benzene rings is 1. The topological polar surface area (TPSA) is 46.2 Å². The highest BCUT2D eigenvalue weighted by molar-refractivity contribution is 9.10. The van der Waals surface area contributed by atoms with Crippen LogP contribution in [0.1, 0.15) is 19.3 Å². The molecular weight excluding hydrogens is 429 g/mol. The fourth-order valence-corrected chi connectivity index (χ4v) is 5.56. The third kappa shape index (κ3) is 3.97. The second-order valence-electron chi connectivity index (χ2n) is 5.03. The van der Waals surface area contributed by atoms with E-state index in [2.05, 4.69) is 36.6 Å². The molecule has 1 aromatic carbocycles. The minimum Gasteiger partial charge on any atom is -0.211 e. The van der Waals surface area contributed by atoms with Crippen molar-refractivity contribution in [1.29, 1.82) is 0 Å². The smallest absolute Gasteiger partial charge is 0.211 e. The molecule has 0 amide bonds. The van der Waals surface area contributed by atoms with Gasteiger partial charge in [0.15, 0.2) is 0 Å². The summed E-state index contributed by atoms with van der Waals surface area (Å²) in [6.45, 7) is 0.477. The fourth-order valence-electron chi connectivity index (χ4n) is 2.57. The minimum absolute atomic E-state index is 0.135. The normalized spacial score (nSPS) is 23.1. The van der Waals surface area contributed by atoms with Crippen LogP contribution < -0.4 is 4.72 Å². The average Bonchev–Trinajstić information content (AvgIpc) is 2.83. The van der Waals surface area contributed by atoms with Crippen LogP contribution in [0.15, 0.2) is 27.6 Å². The molecule has 3 nitrogen and oxygen atoms in total. The van der Waals surface area contributed by atoms with Gasteiger partial charge in [-0.2, -0.15) is 0 Å². The zero-order valence-electron chi connectivity index (χ0n) is 10.8. The molecule has 2 unspecified atom stereocenters. The summed E-state index contributed by atoms with van der Waals surface area (Å²) in [5, 5.41) is 1.16. The molecule has 0 aromatic heterocycles. The summed E-state index contributed by atoms with van der Waals surface area (Å²) in [5.41, 5.74) is 0. The summed E-state index contributed by atoms with van der Waals surface area (Å²) in [6, 6.07) is 4.79. The van der Waals surface area contributed by atoms with Crippen molar-refractivity contribution < 1.29 is 8.42 Å². The number of hydrogen-bond acceptors (Lipinski definition) is 2. The average molecular weight is 446 g/mol. The fraction of sp³-hybridized carbons (Fsp3) is 0.538. The molecule has 7 heteroatoms. The molecule has 112 valence electrons. The Labute approximate surface area is 141 Å². The summed E-state index contributed by atoms with van der Waals surface area (Å²) in [6.07, 6.45) is 3.41. The molecular formula is C13H16Br2ClNO2S. The summed E-state index contributed by atoms with van der Waals surface area (Å²) in [5.74, 6) is 0.955. The molecule has 1 aromatic rings. The van der Waals surface area contributed by atoms with Gasteiger partial charge in [-0.25, -0.2) is 13.1 Å². The monoisotopic (exact) mass is 443 g/mol. The van der Waals surface area contributed by atoms with Gasteiger partial charge < -0.3 is 0 Å². The summed E-state index contributed by atoms with van der Waals surface area (Å²) < 4.78 is 28.0. The molecule has 2 rings (SSSR count). The second-order valence-corrected chi connectivity index (χ2v) is 8.74. The molecule has 0 bridgehead atoms. The Kier molecular flexibility index (Phi) is 5.94. The van der Waals surface area contributed by atoms with Crippen molar-refractivity contribution in [2.75, 3.05) is 11.9 Å². The van der Waals surface area contributed by atoms with Crippen LogP contribution in [0, 0.1) is 11.8 Å². The Morgan fingerprint density at radius 2 is 2.00 bits per heavy atom. The standard InChI is InChI=1S/C13H16Br2ClNO2S/c14-7-9-2-1-3-10(9)8-17-20(18,19)13-5-4-11(15)6-12(13)16/h4-6,9-10,17H,1-3,7-8H2. The Balaban J connectivity index is 2.07. The third-order valence-electron chi connectivity index (χ3n) is 3.73. The lowest BCUT2D eigenvalue weighted by molar-refractivity contribution is 0.422. The summed E-state index contributed by atoms with van der Waals surface area (Å²) in [7, 11) is -3.54. The zero-order chi connectivity index (χ0) is 14.8. The number of alkyl halides is 1. The van der Waals surface area contributed by atoms with Gasteiger partial charge >= 0.3 is 0 Å². The van der Waals surface area contributed by atoms with Crippen molar-refractivity contribution in [2.24, 2.45) is 11.8 Å². The van der Waals surface area contributed by atoms with E-state index in [1.165, 1.54) is 12.5 Å². The summed E-state index contributed by atoms with van der Waals surface area (Å²) >= 11 is 12.8. The van der Waals surface area contributed by atoms with Crippen molar-refractivity contribution in [3.05, 3.63) is 27.7 Å². The van der Waals surface area contributed by atoms with Crippen molar-refractivity contribution in [3.63, 3.8) is 0 Å². The van der Waals surface area contributed by atoms with Gasteiger partial charge in [-0.1, -0.05) is 49.9 Å². The van der Waals surface area contributed by atoms with Crippen LogP contribution in [0.5, 0.6) is 0 Å². The minimum atomic E-state index is -3.54. The van der Waals surface area contributed by atoms with Crippen LogP contribution in [0.2, 0.25) is 5.02 Å². The molecule has 1 aliphatic rings. The van der Waals surface area contributed by atoms with Gasteiger partial charge in [0.2, 0.25) is 10.0 Å². The first-order valence-electron chi connectivity index (χ1n) is 6.44. The van der Waals surface area contributed by atoms with E-state index >= 15 is 0 Å². The summed E-state index contributed by atoms with van der Waals surface area (Å²) in [4.78, 5) is 0.135.